The van der Waals surface area contributed by atoms with Crippen LogP contribution in [0.25, 0.3) is 76.5 Å². The molecule has 0 aliphatic carbocycles. The van der Waals surface area contributed by atoms with Crippen molar-refractivity contribution in [3.05, 3.63) is 163 Å². The van der Waals surface area contributed by atoms with Crippen LogP contribution in [-0.2, 0) is 0 Å². The zero-order chi connectivity index (χ0) is 31.8. The molecule has 2 heterocycles. The monoisotopic (exact) mass is 615 g/mol. The Labute approximate surface area is 276 Å². The number of rotatable bonds is 4. The number of hydrogen-bond acceptors (Lipinski definition) is 3. The zero-order valence-corrected chi connectivity index (χ0v) is 26.3. The van der Waals surface area contributed by atoms with Gasteiger partial charge in [0.25, 0.3) is 0 Å². The summed E-state index contributed by atoms with van der Waals surface area (Å²) >= 11 is 0. The van der Waals surface area contributed by atoms with Crippen LogP contribution in [-0.4, -0.2) is 0 Å². The maximum atomic E-state index is 6.95. The summed E-state index contributed by atoms with van der Waals surface area (Å²) in [6, 6.07) is 55.8. The second-order valence-electron chi connectivity index (χ2n) is 12.6. The molecule has 0 radical (unpaired) electrons. The van der Waals surface area contributed by atoms with Gasteiger partial charge in [-0.1, -0.05) is 133 Å². The van der Waals surface area contributed by atoms with E-state index in [0.717, 1.165) is 88.2 Å². The summed E-state index contributed by atoms with van der Waals surface area (Å²) in [5.74, 6) is 0. The van der Waals surface area contributed by atoms with Crippen LogP contribution in [0.3, 0.4) is 0 Å². The summed E-state index contributed by atoms with van der Waals surface area (Å²) in [6.07, 6.45) is 0. The van der Waals surface area contributed by atoms with Crippen molar-refractivity contribution >= 4 is 82.5 Å². The van der Waals surface area contributed by atoms with E-state index in [1.807, 2.05) is 6.07 Å². The maximum absolute atomic E-state index is 6.95. The third-order valence-corrected chi connectivity index (χ3v) is 9.71. The van der Waals surface area contributed by atoms with Crippen LogP contribution in [0.4, 0.5) is 17.1 Å². The van der Waals surface area contributed by atoms with E-state index in [-0.39, 0.29) is 0 Å². The smallest absolute Gasteiger partial charge is 0.159 e. The summed E-state index contributed by atoms with van der Waals surface area (Å²) in [5, 5.41) is 9.02. The number of para-hydroxylation sites is 2. The minimum atomic E-state index is 0.844. The highest BCUT2D eigenvalue weighted by molar-refractivity contribution is 6.26. The van der Waals surface area contributed by atoms with Crippen LogP contribution in [0.15, 0.2) is 167 Å². The third-order valence-electron chi connectivity index (χ3n) is 9.71. The highest BCUT2D eigenvalue weighted by Gasteiger charge is 2.24. The fourth-order valence-electron chi connectivity index (χ4n) is 7.46. The summed E-state index contributed by atoms with van der Waals surface area (Å²) in [5.41, 5.74) is 9.97. The second kappa shape index (κ2) is 10.3. The van der Waals surface area contributed by atoms with Crippen LogP contribution in [0.5, 0.6) is 0 Å². The predicted octanol–water partition coefficient (Wildman–Crippen LogP) is 13.2. The van der Waals surface area contributed by atoms with Gasteiger partial charge in [0.05, 0.1) is 11.4 Å². The lowest BCUT2D eigenvalue weighted by Gasteiger charge is -2.27. The molecular formula is C45H29NO2. The van der Waals surface area contributed by atoms with Crippen molar-refractivity contribution in [3.8, 4) is 11.1 Å². The fraction of sp³-hybridized carbons (Fsp3) is 0.0222. The topological polar surface area (TPSA) is 29.5 Å². The first-order valence-electron chi connectivity index (χ1n) is 16.4. The molecule has 0 N–H and O–H groups in total. The van der Waals surface area contributed by atoms with Crippen molar-refractivity contribution in [3.63, 3.8) is 0 Å². The van der Waals surface area contributed by atoms with E-state index in [1.165, 1.54) is 10.9 Å². The van der Waals surface area contributed by atoms with E-state index in [0.29, 0.717) is 0 Å². The van der Waals surface area contributed by atoms with Gasteiger partial charge in [-0.3, -0.25) is 0 Å². The first-order valence-corrected chi connectivity index (χ1v) is 16.4. The molecule has 3 heteroatoms. The fourth-order valence-corrected chi connectivity index (χ4v) is 7.46. The van der Waals surface area contributed by atoms with Crippen LogP contribution in [0.2, 0.25) is 0 Å². The second-order valence-corrected chi connectivity index (χ2v) is 12.6. The lowest BCUT2D eigenvalue weighted by molar-refractivity contribution is 0.669. The van der Waals surface area contributed by atoms with Gasteiger partial charge in [0.1, 0.15) is 16.7 Å². The molecular weight excluding hydrogens is 587 g/mol. The summed E-state index contributed by atoms with van der Waals surface area (Å²) in [4.78, 5) is 2.33. The zero-order valence-electron chi connectivity index (χ0n) is 26.3. The Hall–Kier alpha value is -6.32. The molecule has 0 aliphatic heterocycles. The molecule has 3 nitrogen and oxygen atoms in total. The number of benzene rings is 8. The third kappa shape index (κ3) is 3.94. The van der Waals surface area contributed by atoms with Gasteiger partial charge in [-0.15, -0.1) is 0 Å². The van der Waals surface area contributed by atoms with Crippen LogP contribution in [0, 0.1) is 6.92 Å². The molecule has 10 aromatic rings. The molecule has 0 spiro atoms. The van der Waals surface area contributed by atoms with E-state index < -0.39 is 0 Å². The normalized spacial score (nSPS) is 11.9. The molecule has 0 saturated carbocycles. The van der Waals surface area contributed by atoms with Crippen LogP contribution >= 0.6 is 0 Å². The Bertz CT molecular complexity index is 2840. The standard InChI is InChI=1S/C45H29NO2/c1-28-21-24-31(25-22-28)46(39-20-10-19-37-36-18-9-17-33(43(36)48-45(37)39)29-11-3-2-4-12-29)40-27-41-42(35-16-8-7-15-34(35)40)38-26-23-30-13-5-6-14-32(30)44(38)47-41/h2-27H,1H3. The Morgan fingerprint density at radius 1 is 0.438 bits per heavy atom. The number of nitrogens with zero attached hydrogens (tertiary/aromatic N) is 1. The largest absolute Gasteiger partial charge is 0.455 e. The van der Waals surface area contributed by atoms with Crippen molar-refractivity contribution in [1.29, 1.82) is 0 Å². The summed E-state index contributed by atoms with van der Waals surface area (Å²) in [7, 11) is 0. The van der Waals surface area contributed by atoms with Gasteiger partial charge >= 0.3 is 0 Å². The van der Waals surface area contributed by atoms with Crippen LogP contribution in [0.1, 0.15) is 5.56 Å². The highest BCUT2D eigenvalue weighted by atomic mass is 16.3. The minimum Gasteiger partial charge on any atom is -0.455 e. The lowest BCUT2D eigenvalue weighted by atomic mass is 9.99. The molecule has 0 atom stereocenters. The van der Waals surface area contributed by atoms with Crippen molar-refractivity contribution in [2.75, 3.05) is 4.90 Å². The van der Waals surface area contributed by atoms with Crippen molar-refractivity contribution in [2.45, 2.75) is 6.92 Å². The Kier molecular flexibility index (Phi) is 5.79. The predicted molar refractivity (Wildman–Crippen MR) is 201 cm³/mol. The molecule has 0 unspecified atom stereocenters. The molecule has 8 aromatic carbocycles. The van der Waals surface area contributed by atoms with Crippen molar-refractivity contribution in [1.82, 2.24) is 0 Å². The molecule has 0 saturated heterocycles. The average Bonchev–Trinajstić information content (AvgIpc) is 3.72. The molecule has 0 amide bonds. The number of fused-ring (bicyclic) bond motifs is 10. The molecule has 10 rings (SSSR count). The van der Waals surface area contributed by atoms with Gasteiger partial charge in [0.2, 0.25) is 0 Å². The molecule has 0 aliphatic rings. The first-order chi connectivity index (χ1) is 23.7. The summed E-state index contributed by atoms with van der Waals surface area (Å²) in [6.45, 7) is 2.12. The van der Waals surface area contributed by atoms with Gasteiger partial charge in [0.15, 0.2) is 5.58 Å². The SMILES string of the molecule is Cc1ccc(N(c2cc3oc4c5ccccc5ccc4c3c3ccccc23)c2cccc3c2oc2c(-c4ccccc4)cccc23)cc1. The number of aryl methyl sites for hydroxylation is 1. The first kappa shape index (κ1) is 26.9. The number of anilines is 3. The van der Waals surface area contributed by atoms with E-state index in [2.05, 4.69) is 163 Å². The van der Waals surface area contributed by atoms with E-state index in [1.54, 1.807) is 0 Å². The van der Waals surface area contributed by atoms with E-state index >= 15 is 0 Å². The van der Waals surface area contributed by atoms with E-state index in [4.69, 9.17) is 8.83 Å². The molecule has 226 valence electrons. The number of furan rings is 2. The minimum absolute atomic E-state index is 0.844. The van der Waals surface area contributed by atoms with Gasteiger partial charge in [-0.05, 0) is 47.5 Å². The molecule has 0 fully saturated rings. The van der Waals surface area contributed by atoms with E-state index in [9.17, 15) is 0 Å². The van der Waals surface area contributed by atoms with Crippen LogP contribution < -0.4 is 4.90 Å². The Morgan fingerprint density at radius 2 is 1.12 bits per heavy atom. The van der Waals surface area contributed by atoms with Crippen molar-refractivity contribution in [2.24, 2.45) is 0 Å². The van der Waals surface area contributed by atoms with Gasteiger partial charge in [-0.2, -0.15) is 0 Å². The molecule has 2 aromatic heterocycles. The van der Waals surface area contributed by atoms with Gasteiger partial charge in [0, 0.05) is 49.6 Å². The van der Waals surface area contributed by atoms with Crippen molar-refractivity contribution < 1.29 is 8.83 Å². The molecule has 0 bridgehead atoms. The Balaban J connectivity index is 1.30. The Morgan fingerprint density at radius 3 is 1.96 bits per heavy atom. The van der Waals surface area contributed by atoms with Gasteiger partial charge < -0.3 is 13.7 Å². The summed E-state index contributed by atoms with van der Waals surface area (Å²) < 4.78 is 13.8. The average molecular weight is 616 g/mol. The quantitative estimate of drug-likeness (QED) is 0.197. The highest BCUT2D eigenvalue weighted by Crippen LogP contribution is 2.48. The molecule has 48 heavy (non-hydrogen) atoms. The lowest BCUT2D eigenvalue weighted by Crippen LogP contribution is -2.11. The maximum Gasteiger partial charge on any atom is 0.159 e. The number of hydrogen-bond donors (Lipinski definition) is 0. The van der Waals surface area contributed by atoms with Gasteiger partial charge in [-0.25, -0.2) is 0 Å².